The van der Waals surface area contributed by atoms with Crippen molar-refractivity contribution in [3.63, 3.8) is 0 Å². The molecule has 0 radical (unpaired) electrons. The zero-order valence-electron chi connectivity index (χ0n) is 11.0. The Morgan fingerprint density at radius 3 is 2.75 bits per heavy atom. The molecule has 0 saturated carbocycles. The van der Waals surface area contributed by atoms with Crippen LogP contribution in [0.5, 0.6) is 0 Å². The minimum atomic E-state index is 0.0961. The van der Waals surface area contributed by atoms with Crippen LogP contribution in [0.4, 0.5) is 0 Å². The maximum atomic E-state index is 9.21. The van der Waals surface area contributed by atoms with Crippen molar-refractivity contribution in [1.82, 2.24) is 9.55 Å². The van der Waals surface area contributed by atoms with E-state index < -0.39 is 0 Å². The number of rotatable bonds is 4. The van der Waals surface area contributed by atoms with E-state index in [0.717, 1.165) is 27.4 Å². The molecule has 0 unspecified atom stereocenters. The molecule has 4 heteroatoms. The van der Waals surface area contributed by atoms with E-state index in [9.17, 15) is 5.11 Å². The first-order valence-corrected chi connectivity index (χ1v) is 6.95. The van der Waals surface area contributed by atoms with Crippen LogP contribution in [0, 0.1) is 0 Å². The standard InChI is InChI=1S/C16H15ClN2O/c17-13-5-3-4-12(10-13)11-19-15-7-2-1-6-14(15)18-16(19)8-9-20/h1-7,10,20H,8-9,11H2. The number of nitrogens with zero attached hydrogens (tertiary/aromatic N) is 2. The molecule has 2 aromatic carbocycles. The second kappa shape index (κ2) is 5.65. The predicted octanol–water partition coefficient (Wildman–Crippen LogP) is 3.27. The van der Waals surface area contributed by atoms with Gasteiger partial charge >= 0.3 is 0 Å². The van der Waals surface area contributed by atoms with Gasteiger partial charge in [-0.25, -0.2) is 4.98 Å². The summed E-state index contributed by atoms with van der Waals surface area (Å²) in [6.07, 6.45) is 0.551. The SMILES string of the molecule is OCCc1nc2ccccc2n1Cc1cccc(Cl)c1. The fourth-order valence-corrected chi connectivity index (χ4v) is 2.62. The monoisotopic (exact) mass is 286 g/mol. The number of aliphatic hydroxyl groups is 1. The van der Waals surface area contributed by atoms with Crippen molar-refractivity contribution in [2.75, 3.05) is 6.61 Å². The van der Waals surface area contributed by atoms with Crippen LogP contribution in [0.25, 0.3) is 11.0 Å². The number of hydrogen-bond acceptors (Lipinski definition) is 2. The molecule has 102 valence electrons. The van der Waals surface area contributed by atoms with Crippen molar-refractivity contribution in [2.24, 2.45) is 0 Å². The summed E-state index contributed by atoms with van der Waals surface area (Å²) in [5.41, 5.74) is 3.16. The molecular weight excluding hydrogens is 272 g/mol. The van der Waals surface area contributed by atoms with Gasteiger partial charge in [0, 0.05) is 18.0 Å². The molecule has 0 fully saturated rings. The quantitative estimate of drug-likeness (QED) is 0.799. The molecule has 20 heavy (non-hydrogen) atoms. The molecule has 3 rings (SSSR count). The van der Waals surface area contributed by atoms with Crippen molar-refractivity contribution in [2.45, 2.75) is 13.0 Å². The molecule has 0 spiro atoms. The van der Waals surface area contributed by atoms with Crippen LogP contribution >= 0.6 is 11.6 Å². The van der Waals surface area contributed by atoms with Gasteiger partial charge in [0.25, 0.3) is 0 Å². The van der Waals surface area contributed by atoms with Crippen molar-refractivity contribution < 1.29 is 5.11 Å². The Morgan fingerprint density at radius 1 is 1.10 bits per heavy atom. The smallest absolute Gasteiger partial charge is 0.112 e. The maximum absolute atomic E-state index is 9.21. The molecule has 0 atom stereocenters. The molecule has 3 aromatic rings. The van der Waals surface area contributed by atoms with Gasteiger partial charge in [-0.05, 0) is 29.8 Å². The van der Waals surface area contributed by atoms with E-state index >= 15 is 0 Å². The summed E-state index contributed by atoms with van der Waals surface area (Å²) in [6.45, 7) is 0.801. The summed E-state index contributed by atoms with van der Waals surface area (Å²) >= 11 is 6.04. The fourth-order valence-electron chi connectivity index (χ4n) is 2.41. The van der Waals surface area contributed by atoms with Gasteiger partial charge in [0.05, 0.1) is 17.6 Å². The highest BCUT2D eigenvalue weighted by Gasteiger charge is 2.10. The highest BCUT2D eigenvalue weighted by atomic mass is 35.5. The first kappa shape index (κ1) is 13.2. The molecule has 0 bridgehead atoms. The maximum Gasteiger partial charge on any atom is 0.112 e. The third-order valence-corrected chi connectivity index (χ3v) is 3.53. The molecule has 0 aliphatic heterocycles. The minimum absolute atomic E-state index is 0.0961. The van der Waals surface area contributed by atoms with Crippen molar-refractivity contribution in [3.8, 4) is 0 Å². The van der Waals surface area contributed by atoms with Gasteiger partial charge in [-0.2, -0.15) is 0 Å². The summed E-state index contributed by atoms with van der Waals surface area (Å²) < 4.78 is 2.14. The second-order valence-electron chi connectivity index (χ2n) is 4.71. The molecule has 0 aliphatic carbocycles. The van der Waals surface area contributed by atoms with Crippen LogP contribution in [0.3, 0.4) is 0 Å². The first-order chi connectivity index (χ1) is 9.78. The Balaban J connectivity index is 2.06. The predicted molar refractivity (Wildman–Crippen MR) is 81.1 cm³/mol. The van der Waals surface area contributed by atoms with E-state index in [0.29, 0.717) is 13.0 Å². The number of halogens is 1. The lowest BCUT2D eigenvalue weighted by Gasteiger charge is -2.09. The number of aliphatic hydroxyl groups excluding tert-OH is 1. The van der Waals surface area contributed by atoms with E-state index in [1.54, 1.807) is 0 Å². The van der Waals surface area contributed by atoms with Crippen LogP contribution in [0.15, 0.2) is 48.5 Å². The lowest BCUT2D eigenvalue weighted by atomic mass is 10.2. The summed E-state index contributed by atoms with van der Waals surface area (Å²) in [5.74, 6) is 0.897. The molecule has 1 heterocycles. The van der Waals surface area contributed by atoms with E-state index in [2.05, 4.69) is 9.55 Å². The summed E-state index contributed by atoms with van der Waals surface area (Å²) in [7, 11) is 0. The second-order valence-corrected chi connectivity index (χ2v) is 5.14. The average Bonchev–Trinajstić information content (AvgIpc) is 2.78. The highest BCUT2D eigenvalue weighted by Crippen LogP contribution is 2.19. The number of benzene rings is 2. The van der Waals surface area contributed by atoms with Crippen LogP contribution in [-0.4, -0.2) is 21.3 Å². The van der Waals surface area contributed by atoms with Crippen molar-refractivity contribution in [3.05, 3.63) is 64.9 Å². The fraction of sp³-hybridized carbons (Fsp3) is 0.188. The Kier molecular flexibility index (Phi) is 3.72. The number of para-hydroxylation sites is 2. The third kappa shape index (κ3) is 2.55. The Hall–Kier alpha value is -1.84. The van der Waals surface area contributed by atoms with E-state index in [1.165, 1.54) is 0 Å². The van der Waals surface area contributed by atoms with Crippen LogP contribution in [0.2, 0.25) is 5.02 Å². The third-order valence-electron chi connectivity index (χ3n) is 3.30. The lowest BCUT2D eigenvalue weighted by Crippen LogP contribution is -2.07. The number of fused-ring (bicyclic) bond motifs is 1. The number of imidazole rings is 1. The Morgan fingerprint density at radius 2 is 1.95 bits per heavy atom. The molecule has 3 nitrogen and oxygen atoms in total. The molecule has 1 aromatic heterocycles. The van der Waals surface area contributed by atoms with Gasteiger partial charge in [-0.15, -0.1) is 0 Å². The highest BCUT2D eigenvalue weighted by molar-refractivity contribution is 6.30. The van der Waals surface area contributed by atoms with E-state index in [4.69, 9.17) is 11.6 Å². The van der Waals surface area contributed by atoms with Crippen molar-refractivity contribution >= 4 is 22.6 Å². The zero-order chi connectivity index (χ0) is 13.9. The summed E-state index contributed by atoms with van der Waals surface area (Å²) in [4.78, 5) is 4.59. The van der Waals surface area contributed by atoms with Gasteiger partial charge in [0.15, 0.2) is 0 Å². The zero-order valence-corrected chi connectivity index (χ0v) is 11.7. The number of aromatic nitrogens is 2. The molecule has 0 amide bonds. The van der Waals surface area contributed by atoms with Crippen LogP contribution in [0.1, 0.15) is 11.4 Å². The van der Waals surface area contributed by atoms with Gasteiger partial charge < -0.3 is 9.67 Å². The molecule has 0 aliphatic rings. The van der Waals surface area contributed by atoms with Gasteiger partial charge in [-0.1, -0.05) is 35.9 Å². The first-order valence-electron chi connectivity index (χ1n) is 6.57. The van der Waals surface area contributed by atoms with Gasteiger partial charge in [-0.3, -0.25) is 0 Å². The number of hydrogen-bond donors (Lipinski definition) is 1. The largest absolute Gasteiger partial charge is 0.396 e. The minimum Gasteiger partial charge on any atom is -0.396 e. The van der Waals surface area contributed by atoms with Crippen LogP contribution in [-0.2, 0) is 13.0 Å². The topological polar surface area (TPSA) is 38.1 Å². The molecular formula is C16H15ClN2O. The Bertz CT molecular complexity index is 736. The molecule has 1 N–H and O–H groups in total. The van der Waals surface area contributed by atoms with E-state index in [1.807, 2.05) is 48.5 Å². The van der Waals surface area contributed by atoms with Gasteiger partial charge in [0.1, 0.15) is 5.82 Å². The Labute approximate surface area is 122 Å². The summed E-state index contributed by atoms with van der Waals surface area (Å²) in [6, 6.07) is 15.8. The van der Waals surface area contributed by atoms with Gasteiger partial charge in [0.2, 0.25) is 0 Å². The van der Waals surface area contributed by atoms with Crippen LogP contribution < -0.4 is 0 Å². The summed E-state index contributed by atoms with van der Waals surface area (Å²) in [5, 5.41) is 9.94. The normalized spacial score (nSPS) is 11.1. The van der Waals surface area contributed by atoms with Crippen molar-refractivity contribution in [1.29, 1.82) is 0 Å². The lowest BCUT2D eigenvalue weighted by molar-refractivity contribution is 0.295. The van der Waals surface area contributed by atoms with E-state index in [-0.39, 0.29) is 6.61 Å². The average molecular weight is 287 g/mol. The molecule has 0 saturated heterocycles.